The fourth-order valence-electron chi connectivity index (χ4n) is 1.67. The Morgan fingerprint density at radius 1 is 1.05 bits per heavy atom. The molecule has 0 amide bonds. The topological polar surface area (TPSA) is 12.0 Å². The minimum absolute atomic E-state index is 0.201. The Hall–Kier alpha value is -0.420. The Balaban J connectivity index is 1.96. The van der Waals surface area contributed by atoms with E-state index < -0.39 is 0 Å². The number of benzene rings is 2. The molecule has 100 valence electrons. The predicted molar refractivity (Wildman–Crippen MR) is 83.8 cm³/mol. The van der Waals surface area contributed by atoms with Gasteiger partial charge in [0.2, 0.25) is 0 Å². The second-order valence-corrected chi connectivity index (χ2v) is 6.26. The van der Waals surface area contributed by atoms with E-state index in [0.717, 1.165) is 14.5 Å². The van der Waals surface area contributed by atoms with Gasteiger partial charge in [-0.15, -0.1) is 0 Å². The van der Waals surface area contributed by atoms with Gasteiger partial charge in [0.15, 0.2) is 0 Å². The van der Waals surface area contributed by atoms with Gasteiger partial charge in [-0.05, 0) is 51.8 Å². The molecule has 19 heavy (non-hydrogen) atoms. The van der Waals surface area contributed by atoms with Crippen LogP contribution in [0.2, 0.25) is 5.02 Å². The van der Waals surface area contributed by atoms with Crippen molar-refractivity contribution in [1.29, 1.82) is 0 Å². The monoisotopic (exact) mass is 405 g/mol. The maximum Gasteiger partial charge on any atom is 0.127 e. The summed E-state index contributed by atoms with van der Waals surface area (Å²) >= 11 is 12.6. The van der Waals surface area contributed by atoms with E-state index in [0.29, 0.717) is 23.7 Å². The molecule has 0 saturated carbocycles. The van der Waals surface area contributed by atoms with Gasteiger partial charge >= 0.3 is 0 Å². The molecular weight excluding hydrogens is 396 g/mol. The maximum atomic E-state index is 13.5. The van der Waals surface area contributed by atoms with Crippen molar-refractivity contribution in [3.63, 3.8) is 0 Å². The molecule has 2 aromatic rings. The normalized spacial score (nSPS) is 10.7. The second kappa shape index (κ2) is 6.84. The predicted octanol–water partition coefficient (Wildman–Crippen LogP) is 5.29. The van der Waals surface area contributed by atoms with Crippen LogP contribution >= 0.6 is 43.5 Å². The first-order valence-electron chi connectivity index (χ1n) is 5.65. The Labute approximate surface area is 133 Å². The highest BCUT2D eigenvalue weighted by atomic mass is 79.9. The van der Waals surface area contributed by atoms with Crippen molar-refractivity contribution in [2.45, 2.75) is 13.1 Å². The van der Waals surface area contributed by atoms with E-state index in [2.05, 4.69) is 37.2 Å². The molecule has 2 aromatic carbocycles. The van der Waals surface area contributed by atoms with E-state index in [1.54, 1.807) is 12.1 Å². The largest absolute Gasteiger partial charge is 0.309 e. The summed E-state index contributed by atoms with van der Waals surface area (Å²) in [7, 11) is 0. The summed E-state index contributed by atoms with van der Waals surface area (Å²) in [6, 6.07) is 10.7. The van der Waals surface area contributed by atoms with Crippen LogP contribution < -0.4 is 5.32 Å². The third kappa shape index (κ3) is 4.28. The number of nitrogens with one attached hydrogen (secondary N) is 1. The minimum atomic E-state index is -0.201. The van der Waals surface area contributed by atoms with Gasteiger partial charge in [0.1, 0.15) is 5.82 Å². The molecule has 0 aromatic heterocycles. The van der Waals surface area contributed by atoms with Gasteiger partial charge in [0, 0.05) is 27.6 Å². The number of rotatable bonds is 4. The van der Waals surface area contributed by atoms with Crippen LogP contribution in [0.15, 0.2) is 45.3 Å². The fourth-order valence-corrected chi connectivity index (χ4v) is 2.62. The van der Waals surface area contributed by atoms with E-state index >= 15 is 0 Å². The first-order chi connectivity index (χ1) is 9.06. The lowest BCUT2D eigenvalue weighted by atomic mass is 10.2. The molecule has 1 N–H and O–H groups in total. The van der Waals surface area contributed by atoms with Crippen molar-refractivity contribution >= 4 is 43.5 Å². The first-order valence-corrected chi connectivity index (χ1v) is 7.61. The van der Waals surface area contributed by atoms with Gasteiger partial charge in [-0.25, -0.2) is 4.39 Å². The summed E-state index contributed by atoms with van der Waals surface area (Å²) in [5.41, 5.74) is 1.73. The summed E-state index contributed by atoms with van der Waals surface area (Å²) in [4.78, 5) is 0. The van der Waals surface area contributed by atoms with Crippen molar-refractivity contribution in [3.05, 3.63) is 67.3 Å². The Morgan fingerprint density at radius 3 is 2.58 bits per heavy atom. The molecule has 0 heterocycles. The molecule has 0 atom stereocenters. The first kappa shape index (κ1) is 15.0. The lowest BCUT2D eigenvalue weighted by molar-refractivity contribution is 0.587. The fraction of sp³-hybridized carbons (Fsp3) is 0.143. The maximum absolute atomic E-state index is 13.5. The Kier molecular flexibility index (Phi) is 5.39. The van der Waals surface area contributed by atoms with Gasteiger partial charge in [-0.3, -0.25) is 0 Å². The molecule has 0 bridgehead atoms. The average molecular weight is 408 g/mol. The zero-order chi connectivity index (χ0) is 13.8. The van der Waals surface area contributed by atoms with E-state index in [9.17, 15) is 4.39 Å². The summed E-state index contributed by atoms with van der Waals surface area (Å²) in [5, 5.41) is 3.89. The highest BCUT2D eigenvalue weighted by molar-refractivity contribution is 9.10. The van der Waals surface area contributed by atoms with E-state index in [1.807, 2.05) is 18.2 Å². The molecule has 5 heteroatoms. The van der Waals surface area contributed by atoms with Crippen LogP contribution in [0.1, 0.15) is 11.1 Å². The highest BCUT2D eigenvalue weighted by Crippen LogP contribution is 2.23. The Bertz CT molecular complexity index is 590. The molecule has 0 fully saturated rings. The van der Waals surface area contributed by atoms with E-state index in [4.69, 9.17) is 11.6 Å². The van der Waals surface area contributed by atoms with Gasteiger partial charge in [0.25, 0.3) is 0 Å². The zero-order valence-corrected chi connectivity index (χ0v) is 13.8. The molecule has 0 spiro atoms. The summed E-state index contributed by atoms with van der Waals surface area (Å²) in [5.74, 6) is -0.201. The lowest BCUT2D eigenvalue weighted by Gasteiger charge is -2.07. The van der Waals surface area contributed by atoms with E-state index in [1.165, 1.54) is 6.07 Å². The van der Waals surface area contributed by atoms with Crippen molar-refractivity contribution in [2.24, 2.45) is 0 Å². The minimum Gasteiger partial charge on any atom is -0.309 e. The van der Waals surface area contributed by atoms with Crippen LogP contribution in [0.3, 0.4) is 0 Å². The summed E-state index contributed by atoms with van der Waals surface area (Å²) < 4.78 is 15.3. The van der Waals surface area contributed by atoms with Crippen LogP contribution in [-0.4, -0.2) is 0 Å². The number of hydrogen-bond donors (Lipinski definition) is 1. The van der Waals surface area contributed by atoms with Crippen LogP contribution in [0, 0.1) is 5.82 Å². The van der Waals surface area contributed by atoms with E-state index in [-0.39, 0.29) is 5.82 Å². The van der Waals surface area contributed by atoms with Gasteiger partial charge in [-0.1, -0.05) is 33.6 Å². The Morgan fingerprint density at radius 2 is 1.84 bits per heavy atom. The summed E-state index contributed by atoms with van der Waals surface area (Å²) in [6.45, 7) is 1.13. The molecule has 0 aliphatic heterocycles. The standard InChI is InChI=1S/C14H11Br2ClFN/c15-11-2-4-14(18)10(6-11)8-19-7-9-1-3-13(17)12(16)5-9/h1-6,19H,7-8H2. The number of halogens is 4. The van der Waals surface area contributed by atoms with Gasteiger partial charge in [-0.2, -0.15) is 0 Å². The molecule has 2 rings (SSSR count). The molecule has 0 unspecified atom stereocenters. The van der Waals surface area contributed by atoms with Crippen LogP contribution in [0.25, 0.3) is 0 Å². The lowest BCUT2D eigenvalue weighted by Crippen LogP contribution is -2.13. The molecule has 0 aliphatic carbocycles. The summed E-state index contributed by atoms with van der Waals surface area (Å²) in [6.07, 6.45) is 0. The molecule has 0 saturated heterocycles. The smallest absolute Gasteiger partial charge is 0.127 e. The average Bonchev–Trinajstić information content (AvgIpc) is 2.38. The van der Waals surface area contributed by atoms with Crippen LogP contribution in [0.5, 0.6) is 0 Å². The molecule has 0 aliphatic rings. The third-order valence-corrected chi connectivity index (χ3v) is 4.34. The van der Waals surface area contributed by atoms with Crippen molar-refractivity contribution in [2.75, 3.05) is 0 Å². The third-order valence-electron chi connectivity index (χ3n) is 2.64. The second-order valence-electron chi connectivity index (χ2n) is 4.09. The van der Waals surface area contributed by atoms with Crippen molar-refractivity contribution in [1.82, 2.24) is 5.32 Å². The molecule has 0 radical (unpaired) electrons. The van der Waals surface area contributed by atoms with Crippen LogP contribution in [0.4, 0.5) is 4.39 Å². The van der Waals surface area contributed by atoms with Gasteiger partial charge in [0.05, 0.1) is 5.02 Å². The van der Waals surface area contributed by atoms with Crippen LogP contribution in [-0.2, 0) is 13.1 Å². The SMILES string of the molecule is Fc1ccc(Br)cc1CNCc1ccc(Cl)c(Br)c1. The molecule has 1 nitrogen and oxygen atoms in total. The van der Waals surface area contributed by atoms with Crippen molar-refractivity contribution in [3.8, 4) is 0 Å². The van der Waals surface area contributed by atoms with Crippen molar-refractivity contribution < 1.29 is 4.39 Å². The number of hydrogen-bond acceptors (Lipinski definition) is 1. The molecular formula is C14H11Br2ClFN. The van der Waals surface area contributed by atoms with Gasteiger partial charge < -0.3 is 5.32 Å². The quantitative estimate of drug-likeness (QED) is 0.726. The zero-order valence-electron chi connectivity index (χ0n) is 9.89. The highest BCUT2D eigenvalue weighted by Gasteiger charge is 2.03.